The lowest BCUT2D eigenvalue weighted by molar-refractivity contribution is -0.119. The molecule has 1 aromatic heterocycles. The Morgan fingerprint density at radius 3 is 2.67 bits per heavy atom. The number of hydrogen-bond acceptors (Lipinski definition) is 3. The predicted molar refractivity (Wildman–Crippen MR) is 81.8 cm³/mol. The molecule has 5 nitrogen and oxygen atoms in total. The number of amides is 1. The van der Waals surface area contributed by atoms with Gasteiger partial charge in [-0.05, 0) is 31.0 Å². The average molecular weight is 348 g/mol. The lowest BCUT2D eigenvalue weighted by atomic mass is 10.1. The second-order valence-corrected chi connectivity index (χ2v) is 6.01. The van der Waals surface area contributed by atoms with Crippen LogP contribution in [0.15, 0.2) is 34.8 Å². The van der Waals surface area contributed by atoms with Crippen LogP contribution in [0.2, 0.25) is 0 Å². The first-order chi connectivity index (χ1) is 10.1. The van der Waals surface area contributed by atoms with E-state index in [2.05, 4.69) is 31.4 Å². The predicted octanol–water partition coefficient (Wildman–Crippen LogP) is 2.55. The Morgan fingerprint density at radius 2 is 2.00 bits per heavy atom. The minimum absolute atomic E-state index is 0.0934. The molecule has 21 heavy (non-hydrogen) atoms. The van der Waals surface area contributed by atoms with Gasteiger partial charge < -0.3 is 5.32 Å². The molecule has 108 valence electrons. The zero-order valence-corrected chi connectivity index (χ0v) is 12.8. The van der Waals surface area contributed by atoms with E-state index < -0.39 is 0 Å². The van der Waals surface area contributed by atoms with Crippen molar-refractivity contribution in [3.63, 3.8) is 0 Å². The van der Waals surface area contributed by atoms with E-state index in [1.165, 1.54) is 0 Å². The Balaban J connectivity index is 1.64. The van der Waals surface area contributed by atoms with Crippen molar-refractivity contribution in [1.82, 2.24) is 15.5 Å². The van der Waals surface area contributed by atoms with Gasteiger partial charge in [0.1, 0.15) is 5.69 Å². The monoisotopic (exact) mass is 347 g/mol. The van der Waals surface area contributed by atoms with E-state index in [4.69, 9.17) is 0 Å². The average Bonchev–Trinajstić information content (AvgIpc) is 3.23. The first-order valence-corrected chi connectivity index (χ1v) is 7.55. The van der Waals surface area contributed by atoms with Gasteiger partial charge in [-0.2, -0.15) is 5.10 Å². The van der Waals surface area contributed by atoms with Gasteiger partial charge >= 0.3 is 0 Å². The molecule has 1 fully saturated rings. The third-order valence-electron chi connectivity index (χ3n) is 3.42. The summed E-state index contributed by atoms with van der Waals surface area (Å²) < 4.78 is 0.985. The summed E-state index contributed by atoms with van der Waals surface area (Å²) in [5, 5.41) is 9.45. The van der Waals surface area contributed by atoms with E-state index >= 15 is 0 Å². The summed E-state index contributed by atoms with van der Waals surface area (Å²) in [5.41, 5.74) is 1.97. The first-order valence-electron chi connectivity index (χ1n) is 6.76. The van der Waals surface area contributed by atoms with Gasteiger partial charge in [0.25, 0.3) is 5.91 Å². The van der Waals surface area contributed by atoms with E-state index in [0.717, 1.165) is 22.9 Å². The topological polar surface area (TPSA) is 74.8 Å². The lowest BCUT2D eigenvalue weighted by Gasteiger charge is -2.01. The van der Waals surface area contributed by atoms with Crippen molar-refractivity contribution < 1.29 is 9.59 Å². The molecule has 1 aromatic carbocycles. The minimum Gasteiger partial charge on any atom is -0.344 e. The van der Waals surface area contributed by atoms with E-state index in [9.17, 15) is 9.59 Å². The van der Waals surface area contributed by atoms with Crippen LogP contribution in [0.5, 0.6) is 0 Å². The van der Waals surface area contributed by atoms with Crippen LogP contribution in [-0.4, -0.2) is 28.4 Å². The highest BCUT2D eigenvalue weighted by Gasteiger charge is 2.29. The summed E-state index contributed by atoms with van der Waals surface area (Å²) in [6, 6.07) is 9.34. The number of hydrogen-bond donors (Lipinski definition) is 2. The van der Waals surface area contributed by atoms with Gasteiger partial charge in [-0.3, -0.25) is 14.7 Å². The molecule has 1 aliphatic carbocycles. The second kappa shape index (κ2) is 5.81. The molecule has 1 heterocycles. The Hall–Kier alpha value is -1.95. The van der Waals surface area contributed by atoms with Crippen LogP contribution < -0.4 is 5.32 Å². The van der Waals surface area contributed by atoms with Crippen LogP contribution in [-0.2, 0) is 4.79 Å². The lowest BCUT2D eigenvalue weighted by Crippen LogP contribution is -2.30. The molecule has 1 aliphatic rings. The normalized spacial score (nSPS) is 14.0. The van der Waals surface area contributed by atoms with Crippen LogP contribution >= 0.6 is 15.9 Å². The van der Waals surface area contributed by atoms with Gasteiger partial charge in [0.2, 0.25) is 0 Å². The maximum absolute atomic E-state index is 11.9. The van der Waals surface area contributed by atoms with Crippen molar-refractivity contribution in [3.05, 3.63) is 40.5 Å². The van der Waals surface area contributed by atoms with Gasteiger partial charge in [-0.15, -0.1) is 0 Å². The molecule has 6 heteroatoms. The molecule has 0 spiro atoms. The van der Waals surface area contributed by atoms with Gasteiger partial charge in [0, 0.05) is 16.0 Å². The molecule has 3 rings (SSSR count). The number of carbonyl (C=O) groups excluding carboxylic acids is 2. The highest BCUT2D eigenvalue weighted by molar-refractivity contribution is 9.10. The van der Waals surface area contributed by atoms with Crippen LogP contribution in [0.4, 0.5) is 0 Å². The number of H-pyrrole nitrogens is 1. The van der Waals surface area contributed by atoms with Crippen molar-refractivity contribution in [2.45, 2.75) is 12.8 Å². The Bertz CT molecular complexity index is 674. The molecular formula is C15H14BrN3O2. The number of ketones is 1. The number of benzene rings is 1. The first kappa shape index (κ1) is 14.0. The largest absolute Gasteiger partial charge is 0.344 e. The number of nitrogens with zero attached hydrogens (tertiary/aromatic N) is 1. The fourth-order valence-electron chi connectivity index (χ4n) is 2.02. The number of rotatable bonds is 5. The third-order valence-corrected chi connectivity index (χ3v) is 3.95. The number of halogens is 1. The van der Waals surface area contributed by atoms with Gasteiger partial charge in [-0.1, -0.05) is 28.1 Å². The van der Waals surface area contributed by atoms with E-state index in [1.807, 2.05) is 24.3 Å². The molecule has 0 bridgehead atoms. The van der Waals surface area contributed by atoms with Crippen molar-refractivity contribution >= 4 is 27.6 Å². The number of aromatic amines is 1. The quantitative estimate of drug-likeness (QED) is 0.872. The van der Waals surface area contributed by atoms with E-state index in [1.54, 1.807) is 6.07 Å². The summed E-state index contributed by atoms with van der Waals surface area (Å²) in [7, 11) is 0. The summed E-state index contributed by atoms with van der Waals surface area (Å²) in [6.45, 7) is 0.0934. The maximum atomic E-state index is 11.9. The molecule has 1 amide bonds. The van der Waals surface area contributed by atoms with Crippen molar-refractivity contribution in [2.24, 2.45) is 5.92 Å². The summed E-state index contributed by atoms with van der Waals surface area (Å²) in [5.74, 6) is -0.0405. The van der Waals surface area contributed by atoms with Crippen molar-refractivity contribution in [1.29, 1.82) is 0 Å². The zero-order valence-electron chi connectivity index (χ0n) is 11.2. The number of aromatic nitrogens is 2. The third kappa shape index (κ3) is 3.39. The Morgan fingerprint density at radius 1 is 1.29 bits per heavy atom. The highest BCUT2D eigenvalue weighted by atomic mass is 79.9. The second-order valence-electron chi connectivity index (χ2n) is 5.10. The van der Waals surface area contributed by atoms with Crippen LogP contribution in [0.1, 0.15) is 23.3 Å². The van der Waals surface area contributed by atoms with Crippen molar-refractivity contribution in [3.8, 4) is 11.3 Å². The molecule has 2 N–H and O–H groups in total. The minimum atomic E-state index is -0.306. The molecule has 1 saturated carbocycles. The molecule has 0 radical (unpaired) electrons. The highest BCUT2D eigenvalue weighted by Crippen LogP contribution is 2.29. The smallest absolute Gasteiger partial charge is 0.269 e. The summed E-state index contributed by atoms with van der Waals surface area (Å²) >= 11 is 3.37. The van der Waals surface area contributed by atoms with Gasteiger partial charge in [0.15, 0.2) is 5.78 Å². The van der Waals surface area contributed by atoms with Crippen LogP contribution in [0.25, 0.3) is 11.3 Å². The SMILES string of the molecule is O=C(NCC(=O)C1CC1)c1cc(-c2ccc(Br)cc2)n[nH]1. The summed E-state index contributed by atoms with van der Waals surface area (Å²) in [4.78, 5) is 23.5. The number of nitrogens with one attached hydrogen (secondary N) is 2. The Kier molecular flexibility index (Phi) is 3.88. The van der Waals surface area contributed by atoms with Crippen molar-refractivity contribution in [2.75, 3.05) is 6.54 Å². The number of Topliss-reactive ketones (excluding diaryl/α,β-unsaturated/α-hetero) is 1. The zero-order chi connectivity index (χ0) is 14.8. The van der Waals surface area contributed by atoms with Gasteiger partial charge in [-0.25, -0.2) is 0 Å². The maximum Gasteiger partial charge on any atom is 0.269 e. The molecule has 0 aliphatic heterocycles. The number of carbonyl (C=O) groups is 2. The fraction of sp³-hybridized carbons (Fsp3) is 0.267. The molecule has 2 aromatic rings. The fourth-order valence-corrected chi connectivity index (χ4v) is 2.28. The van der Waals surface area contributed by atoms with Gasteiger partial charge in [0.05, 0.1) is 12.2 Å². The Labute approximate surface area is 130 Å². The van der Waals surface area contributed by atoms with Crippen LogP contribution in [0.3, 0.4) is 0 Å². The van der Waals surface area contributed by atoms with Crippen LogP contribution in [0, 0.1) is 5.92 Å². The molecule has 0 saturated heterocycles. The van der Waals surface area contributed by atoms with E-state index in [0.29, 0.717) is 11.4 Å². The summed E-state index contributed by atoms with van der Waals surface area (Å²) in [6.07, 6.45) is 1.90. The standard InChI is InChI=1S/C15H14BrN3O2/c16-11-5-3-9(4-6-11)12-7-13(19-18-12)15(21)17-8-14(20)10-1-2-10/h3-7,10H,1-2,8H2,(H,17,21)(H,18,19). The molecule has 0 atom stereocenters. The molecular weight excluding hydrogens is 334 g/mol. The van der Waals surface area contributed by atoms with E-state index in [-0.39, 0.29) is 24.2 Å². The molecule has 0 unspecified atom stereocenters.